The van der Waals surface area contributed by atoms with E-state index in [4.69, 9.17) is 38.9 Å². The van der Waals surface area contributed by atoms with Gasteiger partial charge in [0.05, 0.1) is 96.2 Å². The van der Waals surface area contributed by atoms with Gasteiger partial charge >= 0.3 is 6.09 Å². The van der Waals surface area contributed by atoms with Gasteiger partial charge in [0.15, 0.2) is 0 Å². The SMILES string of the molecule is COc1nc(C(C)C)ccc1-c1nc2c(C)cn([C@@H]3CN(C(=O)OCc4ccccc4)C[C@@H]3OCCF)c2cc1C.COc1nc(C(C)C)ccc1-c1nc2c(C)cn([C@@H]3CN(C)C[C@@H]3O)c2cc1C. The molecule has 2 saturated heterocycles. The Morgan fingerprint density at radius 2 is 1.23 bits per heavy atom. The molecule has 0 aliphatic carbocycles. The Bertz CT molecular complexity index is 2970. The van der Waals surface area contributed by atoms with Crippen molar-refractivity contribution in [3.63, 3.8) is 0 Å². The lowest BCUT2D eigenvalue weighted by molar-refractivity contribution is 0.0290. The average Bonchev–Trinajstić information content (AvgIpc) is 4.11. The van der Waals surface area contributed by atoms with Crippen LogP contribution in [-0.4, -0.2) is 123 Å². The molecule has 0 radical (unpaired) electrons. The Morgan fingerprint density at radius 1 is 0.700 bits per heavy atom. The maximum absolute atomic E-state index is 13.1. The molecule has 2 aliphatic heterocycles. The molecule has 7 aromatic rings. The van der Waals surface area contributed by atoms with E-state index in [0.717, 1.165) is 90.3 Å². The van der Waals surface area contributed by atoms with Crippen molar-refractivity contribution in [3.05, 3.63) is 118 Å². The van der Waals surface area contributed by atoms with Crippen LogP contribution in [0.3, 0.4) is 0 Å². The highest BCUT2D eigenvalue weighted by molar-refractivity contribution is 5.86. The molecule has 0 bridgehead atoms. The van der Waals surface area contributed by atoms with Crippen LogP contribution < -0.4 is 9.47 Å². The summed E-state index contributed by atoms with van der Waals surface area (Å²) in [5, 5.41) is 10.5. The fraction of sp³-hybridized carbons (Fsp3) is 0.436. The van der Waals surface area contributed by atoms with E-state index in [1.807, 2.05) is 69.6 Å². The van der Waals surface area contributed by atoms with E-state index in [2.05, 4.69) is 86.0 Å². The molecule has 0 unspecified atom stereocenters. The first-order valence-electron chi connectivity index (χ1n) is 24.2. The molecule has 1 N–H and O–H groups in total. The van der Waals surface area contributed by atoms with Gasteiger partial charge in [-0.25, -0.2) is 29.1 Å². The second-order valence-electron chi connectivity index (χ2n) is 19.3. The number of likely N-dealkylation sites (tertiary alicyclic amines) is 2. The van der Waals surface area contributed by atoms with Crippen molar-refractivity contribution in [2.75, 3.05) is 60.7 Å². The number of nitrogens with zero attached hydrogens (tertiary/aromatic N) is 8. The van der Waals surface area contributed by atoms with Gasteiger partial charge in [-0.3, -0.25) is 0 Å². The third-order valence-corrected chi connectivity index (χ3v) is 13.5. The van der Waals surface area contributed by atoms with Crippen LogP contribution in [-0.2, 0) is 16.1 Å². The maximum atomic E-state index is 13.1. The number of fused-ring (bicyclic) bond motifs is 2. The van der Waals surface area contributed by atoms with Gasteiger partial charge in [-0.1, -0.05) is 58.0 Å². The fourth-order valence-electron chi connectivity index (χ4n) is 9.74. The topological polar surface area (TPSA) is 142 Å². The Hall–Kier alpha value is -6.42. The summed E-state index contributed by atoms with van der Waals surface area (Å²) in [6.07, 6.45) is 2.97. The summed E-state index contributed by atoms with van der Waals surface area (Å²) in [5.74, 6) is 1.76. The van der Waals surface area contributed by atoms with Gasteiger partial charge in [-0.2, -0.15) is 0 Å². The zero-order valence-electron chi connectivity index (χ0n) is 42.4. The third kappa shape index (κ3) is 10.2. The van der Waals surface area contributed by atoms with Crippen LogP contribution in [0.1, 0.15) is 90.8 Å². The van der Waals surface area contributed by atoms with E-state index in [1.165, 1.54) is 0 Å². The summed E-state index contributed by atoms with van der Waals surface area (Å²) in [6.45, 7) is 18.4. The highest BCUT2D eigenvalue weighted by Gasteiger charge is 2.39. The number of alkyl halides is 1. The lowest BCUT2D eigenvalue weighted by atomic mass is 10.0. The first kappa shape index (κ1) is 50.0. The molecule has 4 atom stereocenters. The predicted octanol–water partition coefficient (Wildman–Crippen LogP) is 10.1. The average molecular weight is 955 g/mol. The molecule has 8 heterocycles. The molecule has 2 fully saturated rings. The molecule has 1 amide bonds. The molecule has 0 spiro atoms. The van der Waals surface area contributed by atoms with Crippen LogP contribution in [0.15, 0.2) is 79.1 Å². The number of β-amino-alcohol motifs (C(OH)–C–C–N with tert-alkyl or cyclic N) is 1. The van der Waals surface area contributed by atoms with Gasteiger partial charge in [0, 0.05) is 43.4 Å². The van der Waals surface area contributed by atoms with E-state index >= 15 is 0 Å². The third-order valence-electron chi connectivity index (χ3n) is 13.5. The number of methoxy groups -OCH3 is 2. The number of ether oxygens (including phenoxy) is 4. The predicted molar refractivity (Wildman–Crippen MR) is 272 cm³/mol. The summed E-state index contributed by atoms with van der Waals surface area (Å²) in [4.78, 5) is 36.3. The minimum atomic E-state index is -0.595. The van der Waals surface area contributed by atoms with E-state index < -0.39 is 18.9 Å². The van der Waals surface area contributed by atoms with Crippen LogP contribution in [0.4, 0.5) is 9.18 Å². The molecule has 15 heteroatoms. The molecule has 1 aromatic carbocycles. The number of aliphatic hydroxyl groups excluding tert-OH is 1. The van der Waals surface area contributed by atoms with Gasteiger partial charge in [0.1, 0.15) is 13.3 Å². The number of hydrogen-bond donors (Lipinski definition) is 1. The number of hydrogen-bond acceptors (Lipinski definition) is 11. The molecule has 2 aliphatic rings. The van der Waals surface area contributed by atoms with Crippen LogP contribution in [0.5, 0.6) is 11.8 Å². The van der Waals surface area contributed by atoms with Crippen molar-refractivity contribution in [1.29, 1.82) is 0 Å². The van der Waals surface area contributed by atoms with Gasteiger partial charge < -0.3 is 43.0 Å². The smallest absolute Gasteiger partial charge is 0.410 e. The number of carbonyl (C=O) groups is 1. The Labute approximate surface area is 410 Å². The largest absolute Gasteiger partial charge is 0.480 e. The normalized spacial score (nSPS) is 18.3. The standard InChI is InChI=1S/C32H37FN4O4.C23H30N4O2/c1-20(2)25-12-11-24(31(34-25)39-5)29-21(3)15-26-30(35-29)22(4)16-37(26)27-17-36(18-28(27)40-14-13-33)32(38)41-19-23-9-7-6-8-10-23;1-13(2)17-8-7-16(23(24-17)29-6)21-14(3)9-18-22(25-21)15(4)10-27(18)19-11-26(5)12-20(19)28/h6-12,15-16,20,27-28H,13-14,17-19H2,1-5H3;7-10,13,19-20,28H,11-12H2,1-6H3/t27-,28+;19-,20+/m11/s1. The number of carbonyl (C=O) groups excluding carboxylic acids is 1. The Balaban J connectivity index is 0.000000200. The zero-order chi connectivity index (χ0) is 50.0. The van der Waals surface area contributed by atoms with E-state index in [0.29, 0.717) is 37.3 Å². The fourth-order valence-corrected chi connectivity index (χ4v) is 9.74. The number of halogens is 1. The highest BCUT2D eigenvalue weighted by atomic mass is 19.1. The Kier molecular flexibility index (Phi) is 15.2. The summed E-state index contributed by atoms with van der Waals surface area (Å²) in [5.41, 5.74) is 14.2. The van der Waals surface area contributed by atoms with Crippen molar-refractivity contribution >= 4 is 28.2 Å². The van der Waals surface area contributed by atoms with Crippen molar-refractivity contribution in [2.24, 2.45) is 0 Å². The number of aliphatic hydroxyl groups is 1. The number of pyridine rings is 4. The number of aryl methyl sites for hydroxylation is 4. The van der Waals surface area contributed by atoms with Crippen LogP contribution >= 0.6 is 0 Å². The first-order valence-corrected chi connectivity index (χ1v) is 24.2. The van der Waals surface area contributed by atoms with Gasteiger partial charge in [-0.05, 0) is 111 Å². The lowest BCUT2D eigenvalue weighted by Gasteiger charge is -2.21. The quantitative estimate of drug-likeness (QED) is 0.118. The molecule has 6 aromatic heterocycles. The summed E-state index contributed by atoms with van der Waals surface area (Å²) < 4.78 is 40.2. The van der Waals surface area contributed by atoms with Crippen molar-refractivity contribution in [2.45, 2.75) is 98.1 Å². The number of likely N-dealkylation sites (N-methyl/N-ethyl adjacent to an activating group) is 1. The maximum Gasteiger partial charge on any atom is 0.410 e. The molecular weight excluding hydrogens is 888 g/mol. The number of rotatable bonds is 13. The van der Waals surface area contributed by atoms with E-state index in [9.17, 15) is 14.3 Å². The second kappa shape index (κ2) is 21.3. The molecule has 0 saturated carbocycles. The summed E-state index contributed by atoms with van der Waals surface area (Å²) >= 11 is 0. The summed E-state index contributed by atoms with van der Waals surface area (Å²) in [7, 11) is 5.33. The molecular formula is C55H67FN8O6. The Morgan fingerprint density at radius 3 is 1.70 bits per heavy atom. The van der Waals surface area contributed by atoms with Crippen LogP contribution in [0.2, 0.25) is 0 Å². The van der Waals surface area contributed by atoms with Gasteiger partial charge in [0.25, 0.3) is 0 Å². The summed E-state index contributed by atoms with van der Waals surface area (Å²) in [6, 6.07) is 21.8. The van der Waals surface area contributed by atoms with Crippen molar-refractivity contribution in [1.82, 2.24) is 38.9 Å². The minimum Gasteiger partial charge on any atom is -0.480 e. The van der Waals surface area contributed by atoms with Crippen molar-refractivity contribution in [3.8, 4) is 34.3 Å². The van der Waals surface area contributed by atoms with E-state index in [1.54, 1.807) is 19.1 Å². The van der Waals surface area contributed by atoms with Crippen LogP contribution in [0.25, 0.3) is 44.6 Å². The lowest BCUT2D eigenvalue weighted by Crippen LogP contribution is -2.30. The molecule has 9 rings (SSSR count). The van der Waals surface area contributed by atoms with Gasteiger partial charge in [0.2, 0.25) is 11.8 Å². The minimum absolute atomic E-state index is 0.0349. The molecule has 70 heavy (non-hydrogen) atoms. The van der Waals surface area contributed by atoms with Crippen molar-refractivity contribution < 1.29 is 33.2 Å². The number of amides is 1. The van der Waals surface area contributed by atoms with E-state index in [-0.39, 0.29) is 37.3 Å². The number of benzene rings is 1. The van der Waals surface area contributed by atoms with Crippen LogP contribution in [0, 0.1) is 27.7 Å². The zero-order valence-corrected chi connectivity index (χ0v) is 42.4. The highest BCUT2D eigenvalue weighted by Crippen LogP contribution is 2.38. The molecule has 370 valence electrons. The first-order chi connectivity index (χ1) is 33.6. The monoisotopic (exact) mass is 955 g/mol. The van der Waals surface area contributed by atoms with Gasteiger partial charge in [-0.15, -0.1) is 0 Å². The second-order valence-corrected chi connectivity index (χ2v) is 19.3. The molecule has 14 nitrogen and oxygen atoms in total. The number of aromatic nitrogens is 6.